The van der Waals surface area contributed by atoms with E-state index in [1.54, 1.807) is 0 Å². The molecule has 1 fully saturated rings. The number of aliphatic hydroxyl groups is 1. The van der Waals surface area contributed by atoms with Gasteiger partial charge in [0.05, 0.1) is 6.10 Å². The summed E-state index contributed by atoms with van der Waals surface area (Å²) in [6.45, 7) is 4.28. The van der Waals surface area contributed by atoms with Crippen molar-refractivity contribution < 1.29 is 5.11 Å². The average molecular weight is 253 g/mol. The van der Waals surface area contributed by atoms with E-state index in [4.69, 9.17) is 0 Å². The highest BCUT2D eigenvalue weighted by molar-refractivity contribution is 5.63. The van der Waals surface area contributed by atoms with Crippen molar-refractivity contribution in [2.24, 2.45) is 5.41 Å². The second kappa shape index (κ2) is 4.46. The van der Waals surface area contributed by atoms with Crippen LogP contribution < -0.4 is 0 Å². The fourth-order valence-corrected chi connectivity index (χ4v) is 2.92. The maximum Gasteiger partial charge on any atom is 0.0603 e. The normalized spacial score (nSPS) is 24.8. The molecule has 1 saturated carbocycles. The van der Waals surface area contributed by atoms with Gasteiger partial charge in [0.15, 0.2) is 0 Å². The number of rotatable bonds is 2. The van der Waals surface area contributed by atoms with E-state index in [-0.39, 0.29) is 11.5 Å². The zero-order valence-electron chi connectivity index (χ0n) is 11.4. The number of hydrogen-bond donors (Lipinski definition) is 1. The predicted octanol–water partition coefficient (Wildman–Crippen LogP) is 3.62. The van der Waals surface area contributed by atoms with Crippen molar-refractivity contribution in [3.8, 4) is 11.1 Å². The van der Waals surface area contributed by atoms with E-state index in [2.05, 4.69) is 43.1 Å². The van der Waals surface area contributed by atoms with Crippen LogP contribution in [-0.2, 0) is 0 Å². The number of nitrogens with zero attached hydrogens (tertiary/aromatic N) is 1. The summed E-state index contributed by atoms with van der Waals surface area (Å²) in [6, 6.07) is 12.7. The van der Waals surface area contributed by atoms with Crippen molar-refractivity contribution in [2.75, 3.05) is 0 Å². The van der Waals surface area contributed by atoms with Crippen molar-refractivity contribution in [3.05, 3.63) is 54.4 Å². The molecule has 1 aromatic heterocycles. The molecule has 2 nitrogen and oxygen atoms in total. The van der Waals surface area contributed by atoms with Gasteiger partial charge >= 0.3 is 0 Å². The lowest BCUT2D eigenvalue weighted by Crippen LogP contribution is -2.47. The van der Waals surface area contributed by atoms with Crippen molar-refractivity contribution in [3.63, 3.8) is 0 Å². The summed E-state index contributed by atoms with van der Waals surface area (Å²) in [7, 11) is 0. The molecule has 0 bridgehead atoms. The Kier molecular flexibility index (Phi) is 2.90. The molecule has 0 radical (unpaired) electrons. The molecule has 1 heterocycles. The number of pyridine rings is 1. The maximum atomic E-state index is 9.83. The fraction of sp³-hybridized carbons (Fsp3) is 0.353. The highest BCUT2D eigenvalue weighted by atomic mass is 16.3. The van der Waals surface area contributed by atoms with Gasteiger partial charge in [-0.3, -0.25) is 4.98 Å². The van der Waals surface area contributed by atoms with Crippen LogP contribution in [0.3, 0.4) is 0 Å². The predicted molar refractivity (Wildman–Crippen MR) is 76.8 cm³/mol. The number of aromatic nitrogens is 1. The second-order valence-corrected chi connectivity index (χ2v) is 5.98. The third-order valence-electron chi connectivity index (χ3n) is 4.54. The Balaban J connectivity index is 1.85. The summed E-state index contributed by atoms with van der Waals surface area (Å²) in [4.78, 5) is 4.04. The first-order valence-corrected chi connectivity index (χ1v) is 6.77. The number of hydrogen-bond acceptors (Lipinski definition) is 2. The lowest BCUT2D eigenvalue weighted by molar-refractivity contribution is -0.0625. The van der Waals surface area contributed by atoms with Crippen LogP contribution in [-0.4, -0.2) is 16.2 Å². The Labute approximate surface area is 114 Å². The van der Waals surface area contributed by atoms with Crippen LogP contribution in [0, 0.1) is 5.41 Å². The van der Waals surface area contributed by atoms with Crippen molar-refractivity contribution in [2.45, 2.75) is 32.3 Å². The lowest BCUT2D eigenvalue weighted by Gasteiger charge is -2.49. The molecule has 2 heteroatoms. The smallest absolute Gasteiger partial charge is 0.0603 e. The molecule has 0 amide bonds. The number of benzene rings is 1. The molecule has 19 heavy (non-hydrogen) atoms. The Hall–Kier alpha value is -1.67. The summed E-state index contributed by atoms with van der Waals surface area (Å²) in [5.74, 6) is 0.467. The SMILES string of the molecule is CC1(C)C(O)CC1c1ccc(-c2ccncc2)cc1. The fourth-order valence-electron chi connectivity index (χ4n) is 2.92. The molecule has 1 N–H and O–H groups in total. The molecule has 2 unspecified atom stereocenters. The molecule has 0 saturated heterocycles. The van der Waals surface area contributed by atoms with Crippen LogP contribution in [0.5, 0.6) is 0 Å². The quantitative estimate of drug-likeness (QED) is 0.886. The van der Waals surface area contributed by atoms with Gasteiger partial charge in [-0.1, -0.05) is 38.1 Å². The molecule has 1 aromatic carbocycles. The van der Waals surface area contributed by atoms with Gasteiger partial charge in [-0.25, -0.2) is 0 Å². The molecule has 0 spiro atoms. The minimum atomic E-state index is -0.169. The Morgan fingerprint density at radius 1 is 1.00 bits per heavy atom. The topological polar surface area (TPSA) is 33.1 Å². The van der Waals surface area contributed by atoms with E-state index in [0.29, 0.717) is 5.92 Å². The molecular formula is C17H19NO. The third kappa shape index (κ3) is 2.06. The van der Waals surface area contributed by atoms with E-state index in [1.807, 2.05) is 24.5 Å². The Morgan fingerprint density at radius 3 is 2.11 bits per heavy atom. The zero-order chi connectivity index (χ0) is 13.5. The largest absolute Gasteiger partial charge is 0.393 e. The highest BCUT2D eigenvalue weighted by Crippen LogP contribution is 2.52. The van der Waals surface area contributed by atoms with E-state index >= 15 is 0 Å². The van der Waals surface area contributed by atoms with Gasteiger partial charge in [0.2, 0.25) is 0 Å². The van der Waals surface area contributed by atoms with Crippen LogP contribution in [0.2, 0.25) is 0 Å². The summed E-state index contributed by atoms with van der Waals surface area (Å²) in [5, 5.41) is 9.83. The molecule has 3 rings (SSSR count). The van der Waals surface area contributed by atoms with Gasteiger partial charge in [0.1, 0.15) is 0 Å². The Bertz CT molecular complexity index is 560. The van der Waals surface area contributed by atoms with Crippen molar-refractivity contribution in [1.82, 2.24) is 4.98 Å². The van der Waals surface area contributed by atoms with Crippen LogP contribution in [0.25, 0.3) is 11.1 Å². The summed E-state index contributed by atoms with van der Waals surface area (Å²) >= 11 is 0. The minimum Gasteiger partial charge on any atom is -0.393 e. The maximum absolute atomic E-state index is 9.83. The van der Waals surface area contributed by atoms with Crippen LogP contribution in [0.1, 0.15) is 31.7 Å². The number of aliphatic hydroxyl groups excluding tert-OH is 1. The lowest BCUT2D eigenvalue weighted by atomic mass is 9.58. The first kappa shape index (κ1) is 12.4. The van der Waals surface area contributed by atoms with Gasteiger partial charge in [0.25, 0.3) is 0 Å². The van der Waals surface area contributed by atoms with Gasteiger partial charge in [-0.2, -0.15) is 0 Å². The molecule has 0 aliphatic heterocycles. The molecular weight excluding hydrogens is 234 g/mol. The molecule has 2 aromatic rings. The van der Waals surface area contributed by atoms with Gasteiger partial charge in [0, 0.05) is 12.4 Å². The standard InChI is InChI=1S/C17H19NO/c1-17(2)15(11-16(17)19)14-5-3-12(4-6-14)13-7-9-18-10-8-13/h3-10,15-16,19H,11H2,1-2H3. The van der Waals surface area contributed by atoms with Gasteiger partial charge in [-0.05, 0) is 46.6 Å². The Morgan fingerprint density at radius 2 is 1.58 bits per heavy atom. The van der Waals surface area contributed by atoms with Crippen LogP contribution in [0.4, 0.5) is 0 Å². The van der Waals surface area contributed by atoms with Crippen molar-refractivity contribution >= 4 is 0 Å². The zero-order valence-corrected chi connectivity index (χ0v) is 11.4. The van der Waals surface area contributed by atoms with E-state index in [0.717, 1.165) is 6.42 Å². The summed E-state index contributed by atoms with van der Waals surface area (Å²) in [6.07, 6.45) is 4.34. The van der Waals surface area contributed by atoms with Crippen molar-refractivity contribution in [1.29, 1.82) is 0 Å². The molecule has 2 atom stereocenters. The first-order chi connectivity index (χ1) is 9.09. The van der Waals surface area contributed by atoms with E-state index in [9.17, 15) is 5.11 Å². The molecule has 1 aliphatic carbocycles. The average Bonchev–Trinajstić information content (AvgIpc) is 2.46. The summed E-state index contributed by atoms with van der Waals surface area (Å²) in [5.41, 5.74) is 3.73. The van der Waals surface area contributed by atoms with Crippen LogP contribution >= 0.6 is 0 Å². The van der Waals surface area contributed by atoms with Gasteiger partial charge in [-0.15, -0.1) is 0 Å². The molecule has 98 valence electrons. The first-order valence-electron chi connectivity index (χ1n) is 6.77. The van der Waals surface area contributed by atoms with Gasteiger partial charge < -0.3 is 5.11 Å². The summed E-state index contributed by atoms with van der Waals surface area (Å²) < 4.78 is 0. The second-order valence-electron chi connectivity index (χ2n) is 5.98. The van der Waals surface area contributed by atoms with E-state index in [1.165, 1.54) is 16.7 Å². The van der Waals surface area contributed by atoms with E-state index < -0.39 is 0 Å². The minimum absolute atomic E-state index is 0.00180. The van der Waals surface area contributed by atoms with Crippen LogP contribution in [0.15, 0.2) is 48.8 Å². The third-order valence-corrected chi connectivity index (χ3v) is 4.54. The molecule has 1 aliphatic rings. The monoisotopic (exact) mass is 253 g/mol. The highest BCUT2D eigenvalue weighted by Gasteiger charge is 2.47.